The third kappa shape index (κ3) is 4.31. The molecule has 0 saturated carbocycles. The van der Waals surface area contributed by atoms with Gasteiger partial charge in [0.25, 0.3) is 0 Å². The molecule has 5 nitrogen and oxygen atoms in total. The van der Waals surface area contributed by atoms with Gasteiger partial charge in [0, 0.05) is 39.3 Å². The van der Waals surface area contributed by atoms with Crippen LogP contribution in [0, 0.1) is 0 Å². The van der Waals surface area contributed by atoms with Crippen molar-refractivity contribution in [3.8, 4) is 0 Å². The van der Waals surface area contributed by atoms with Gasteiger partial charge in [-0.2, -0.15) is 0 Å². The zero-order valence-corrected chi connectivity index (χ0v) is 14.5. The Balaban J connectivity index is 1.45. The molecule has 1 N–H and O–H groups in total. The number of likely N-dealkylation sites (N-methyl/N-ethyl adjacent to an activating group) is 1. The van der Waals surface area contributed by atoms with Crippen LogP contribution < -0.4 is 0 Å². The van der Waals surface area contributed by atoms with Crippen molar-refractivity contribution in [1.29, 1.82) is 0 Å². The summed E-state index contributed by atoms with van der Waals surface area (Å²) in [5, 5.41) is 0. The number of para-hydroxylation sites is 2. The number of benzene rings is 1. The number of hydrogen-bond donors (Lipinski definition) is 1. The molecule has 0 spiro atoms. The molecule has 1 aromatic heterocycles. The van der Waals surface area contributed by atoms with Gasteiger partial charge in [0.2, 0.25) is 0 Å². The molecule has 1 aromatic carbocycles. The standard InChI is InChI=1S/C18H29N5/c1-3-21(4-2)9-10-22-11-13-23(14-12-22)15-18-19-16-7-5-6-8-17(16)20-18/h5-8H,3-4,9-15H2,1-2H3,(H,19,20). The molecular formula is C18H29N5. The number of imidazole rings is 1. The molecular weight excluding hydrogens is 286 g/mol. The summed E-state index contributed by atoms with van der Waals surface area (Å²) in [6.45, 7) is 14.7. The molecule has 126 valence electrons. The number of rotatable bonds is 7. The second-order valence-corrected chi connectivity index (χ2v) is 6.35. The molecule has 0 radical (unpaired) electrons. The fourth-order valence-corrected chi connectivity index (χ4v) is 3.29. The van der Waals surface area contributed by atoms with E-state index < -0.39 is 0 Å². The highest BCUT2D eigenvalue weighted by molar-refractivity contribution is 5.74. The van der Waals surface area contributed by atoms with Crippen LogP contribution in [-0.4, -0.2) is 77.0 Å². The van der Waals surface area contributed by atoms with Gasteiger partial charge in [-0.05, 0) is 25.2 Å². The highest BCUT2D eigenvalue weighted by atomic mass is 15.3. The molecule has 0 unspecified atom stereocenters. The number of piperazine rings is 1. The van der Waals surface area contributed by atoms with E-state index in [4.69, 9.17) is 4.98 Å². The third-order valence-corrected chi connectivity index (χ3v) is 4.90. The topological polar surface area (TPSA) is 38.4 Å². The summed E-state index contributed by atoms with van der Waals surface area (Å²) < 4.78 is 0. The van der Waals surface area contributed by atoms with Crippen LogP contribution in [-0.2, 0) is 6.54 Å². The van der Waals surface area contributed by atoms with E-state index in [0.717, 1.165) is 49.6 Å². The van der Waals surface area contributed by atoms with Crippen molar-refractivity contribution in [3.05, 3.63) is 30.1 Å². The number of nitrogens with zero attached hydrogens (tertiary/aromatic N) is 4. The monoisotopic (exact) mass is 315 g/mol. The summed E-state index contributed by atoms with van der Waals surface area (Å²) in [6, 6.07) is 8.26. The maximum atomic E-state index is 4.69. The first-order valence-electron chi connectivity index (χ1n) is 8.89. The van der Waals surface area contributed by atoms with Gasteiger partial charge in [-0.3, -0.25) is 9.80 Å². The Kier molecular flexibility index (Phi) is 5.65. The van der Waals surface area contributed by atoms with Crippen LogP contribution in [0.15, 0.2) is 24.3 Å². The SMILES string of the molecule is CCN(CC)CCN1CCN(Cc2nc3ccccc3[nH]2)CC1. The van der Waals surface area contributed by atoms with Gasteiger partial charge in [-0.25, -0.2) is 4.98 Å². The molecule has 0 atom stereocenters. The van der Waals surface area contributed by atoms with Crippen molar-refractivity contribution in [2.45, 2.75) is 20.4 Å². The first-order valence-corrected chi connectivity index (χ1v) is 8.89. The van der Waals surface area contributed by atoms with Gasteiger partial charge in [0.05, 0.1) is 17.6 Å². The van der Waals surface area contributed by atoms with Crippen molar-refractivity contribution in [3.63, 3.8) is 0 Å². The van der Waals surface area contributed by atoms with Gasteiger partial charge in [-0.15, -0.1) is 0 Å². The van der Waals surface area contributed by atoms with Gasteiger partial charge >= 0.3 is 0 Å². The molecule has 1 saturated heterocycles. The molecule has 1 fully saturated rings. The molecule has 5 heteroatoms. The van der Waals surface area contributed by atoms with Crippen LogP contribution in [0.5, 0.6) is 0 Å². The van der Waals surface area contributed by atoms with Crippen molar-refractivity contribution in [1.82, 2.24) is 24.7 Å². The first-order chi connectivity index (χ1) is 11.3. The average Bonchev–Trinajstić information content (AvgIpc) is 2.99. The number of nitrogens with one attached hydrogen (secondary N) is 1. The largest absolute Gasteiger partial charge is 0.341 e. The second kappa shape index (κ2) is 7.90. The minimum Gasteiger partial charge on any atom is -0.341 e. The smallest absolute Gasteiger partial charge is 0.121 e. The van der Waals surface area contributed by atoms with Crippen LogP contribution in [0.25, 0.3) is 11.0 Å². The molecule has 2 aromatic rings. The fourth-order valence-electron chi connectivity index (χ4n) is 3.29. The molecule has 1 aliphatic heterocycles. The lowest BCUT2D eigenvalue weighted by Crippen LogP contribution is -2.48. The van der Waals surface area contributed by atoms with E-state index in [0.29, 0.717) is 0 Å². The average molecular weight is 315 g/mol. The molecule has 1 aliphatic rings. The predicted octanol–water partition coefficient (Wildman–Crippen LogP) is 2.02. The van der Waals surface area contributed by atoms with E-state index in [1.807, 2.05) is 6.07 Å². The maximum absolute atomic E-state index is 4.69. The van der Waals surface area contributed by atoms with Crippen molar-refractivity contribution in [2.75, 3.05) is 52.4 Å². The Hall–Kier alpha value is -1.43. The molecule has 23 heavy (non-hydrogen) atoms. The van der Waals surface area contributed by atoms with E-state index in [2.05, 4.69) is 51.7 Å². The number of aromatic nitrogens is 2. The lowest BCUT2D eigenvalue weighted by molar-refractivity contribution is 0.114. The highest BCUT2D eigenvalue weighted by Crippen LogP contribution is 2.12. The van der Waals surface area contributed by atoms with Crippen LogP contribution >= 0.6 is 0 Å². The van der Waals surface area contributed by atoms with E-state index in [-0.39, 0.29) is 0 Å². The second-order valence-electron chi connectivity index (χ2n) is 6.35. The van der Waals surface area contributed by atoms with Crippen LogP contribution in [0.4, 0.5) is 0 Å². The third-order valence-electron chi connectivity index (χ3n) is 4.90. The molecule has 0 bridgehead atoms. The fraction of sp³-hybridized carbons (Fsp3) is 0.611. The van der Waals surface area contributed by atoms with Crippen LogP contribution in [0.2, 0.25) is 0 Å². The van der Waals surface area contributed by atoms with E-state index in [1.165, 1.54) is 26.2 Å². The Morgan fingerprint density at radius 3 is 2.43 bits per heavy atom. The Morgan fingerprint density at radius 2 is 1.74 bits per heavy atom. The highest BCUT2D eigenvalue weighted by Gasteiger charge is 2.18. The minimum atomic E-state index is 0.929. The van der Waals surface area contributed by atoms with Gasteiger partial charge in [0.1, 0.15) is 5.82 Å². The molecule has 3 rings (SSSR count). The number of hydrogen-bond acceptors (Lipinski definition) is 4. The summed E-state index contributed by atoms with van der Waals surface area (Å²) in [6.07, 6.45) is 0. The Labute approximate surface area is 139 Å². The van der Waals surface area contributed by atoms with Gasteiger partial charge in [0.15, 0.2) is 0 Å². The quantitative estimate of drug-likeness (QED) is 0.848. The van der Waals surface area contributed by atoms with Crippen LogP contribution in [0.3, 0.4) is 0 Å². The van der Waals surface area contributed by atoms with Crippen LogP contribution in [0.1, 0.15) is 19.7 Å². The Morgan fingerprint density at radius 1 is 1.04 bits per heavy atom. The lowest BCUT2D eigenvalue weighted by atomic mass is 10.3. The summed E-state index contributed by atoms with van der Waals surface area (Å²) in [5.41, 5.74) is 2.21. The number of H-pyrrole nitrogens is 1. The summed E-state index contributed by atoms with van der Waals surface area (Å²) in [7, 11) is 0. The van der Waals surface area contributed by atoms with Crippen molar-refractivity contribution >= 4 is 11.0 Å². The predicted molar refractivity (Wildman–Crippen MR) is 95.6 cm³/mol. The van der Waals surface area contributed by atoms with Crippen molar-refractivity contribution in [2.24, 2.45) is 0 Å². The first kappa shape index (κ1) is 16.4. The number of fused-ring (bicyclic) bond motifs is 1. The molecule has 0 aliphatic carbocycles. The van der Waals surface area contributed by atoms with E-state index >= 15 is 0 Å². The van der Waals surface area contributed by atoms with Gasteiger partial charge in [-0.1, -0.05) is 26.0 Å². The zero-order valence-electron chi connectivity index (χ0n) is 14.5. The number of aromatic amines is 1. The minimum absolute atomic E-state index is 0.929. The Bertz CT molecular complexity index is 563. The summed E-state index contributed by atoms with van der Waals surface area (Å²) >= 11 is 0. The summed E-state index contributed by atoms with van der Waals surface area (Å²) in [5.74, 6) is 1.09. The molecule has 0 amide bonds. The van der Waals surface area contributed by atoms with E-state index in [9.17, 15) is 0 Å². The van der Waals surface area contributed by atoms with Gasteiger partial charge < -0.3 is 9.88 Å². The zero-order chi connectivity index (χ0) is 16.1. The molecule has 2 heterocycles. The van der Waals surface area contributed by atoms with Crippen molar-refractivity contribution < 1.29 is 0 Å². The maximum Gasteiger partial charge on any atom is 0.121 e. The van der Waals surface area contributed by atoms with E-state index in [1.54, 1.807) is 0 Å². The summed E-state index contributed by atoms with van der Waals surface area (Å²) in [4.78, 5) is 15.7. The normalized spacial score (nSPS) is 17.3. The lowest BCUT2D eigenvalue weighted by Gasteiger charge is -2.35.